The number of carbonyl (C=O) groups excluding carboxylic acids is 1. The van der Waals surface area contributed by atoms with Crippen LogP contribution in [0.5, 0.6) is 0 Å². The highest BCUT2D eigenvalue weighted by atomic mass is 16.4. The third-order valence-electron chi connectivity index (χ3n) is 2.48. The summed E-state index contributed by atoms with van der Waals surface area (Å²) < 4.78 is 0. The summed E-state index contributed by atoms with van der Waals surface area (Å²) in [4.78, 5) is 13.9. The lowest BCUT2D eigenvalue weighted by atomic mass is 10.0. The first-order valence-corrected chi connectivity index (χ1v) is 5.88. The van der Waals surface area contributed by atoms with Crippen molar-refractivity contribution in [2.45, 2.75) is 40.0 Å². The van der Waals surface area contributed by atoms with Gasteiger partial charge in [0.25, 0.3) is 0 Å². The van der Waals surface area contributed by atoms with Crippen molar-refractivity contribution in [1.82, 2.24) is 4.90 Å². The number of rotatable bonds is 7. The highest BCUT2D eigenvalue weighted by Crippen LogP contribution is 2.09. The molecule has 1 unspecified atom stereocenters. The zero-order valence-electron chi connectivity index (χ0n) is 10.4. The topological polar surface area (TPSA) is 78.9 Å². The summed E-state index contributed by atoms with van der Waals surface area (Å²) in [5.41, 5.74) is 5.51. The molecule has 3 N–H and O–H groups in total. The van der Waals surface area contributed by atoms with Crippen LogP contribution in [-0.4, -0.2) is 34.9 Å². The van der Waals surface area contributed by atoms with E-state index in [1.165, 1.54) is 0 Å². The average molecular weight is 229 g/mol. The van der Waals surface area contributed by atoms with Crippen LogP contribution in [-0.2, 0) is 4.79 Å². The quantitative estimate of drug-likeness (QED) is 0.300. The summed E-state index contributed by atoms with van der Waals surface area (Å²) in [6, 6.07) is 0. The molecule has 0 aromatic carbocycles. The van der Waals surface area contributed by atoms with Crippen molar-refractivity contribution in [3.63, 3.8) is 0 Å². The molecule has 0 saturated heterocycles. The maximum Gasteiger partial charge on any atom is 0.233 e. The van der Waals surface area contributed by atoms with Crippen LogP contribution in [0.4, 0.5) is 0 Å². The molecule has 5 heteroatoms. The van der Waals surface area contributed by atoms with Crippen molar-refractivity contribution >= 4 is 11.7 Å². The van der Waals surface area contributed by atoms with Gasteiger partial charge in [0, 0.05) is 13.1 Å². The Kier molecular flexibility index (Phi) is 7.33. The van der Waals surface area contributed by atoms with E-state index in [-0.39, 0.29) is 11.7 Å². The summed E-state index contributed by atoms with van der Waals surface area (Å²) in [5, 5.41) is 11.5. The normalized spacial score (nSPS) is 13.6. The van der Waals surface area contributed by atoms with Gasteiger partial charge in [0.1, 0.15) is 0 Å². The fraction of sp³-hybridized carbons (Fsp3) is 0.818. The van der Waals surface area contributed by atoms with Crippen molar-refractivity contribution < 1.29 is 10.0 Å². The molecule has 0 rings (SSSR count). The number of nitrogens with two attached hydrogens (primary N) is 1. The molecule has 1 amide bonds. The predicted molar refractivity (Wildman–Crippen MR) is 64.4 cm³/mol. The molecule has 0 aliphatic heterocycles. The van der Waals surface area contributed by atoms with E-state index in [1.807, 2.05) is 20.8 Å². The monoisotopic (exact) mass is 229 g/mol. The Morgan fingerprint density at radius 2 is 1.81 bits per heavy atom. The second-order valence-electron chi connectivity index (χ2n) is 3.81. The molecule has 0 heterocycles. The molecule has 0 radical (unpaired) electrons. The van der Waals surface area contributed by atoms with Crippen LogP contribution >= 0.6 is 0 Å². The highest BCUT2D eigenvalue weighted by Gasteiger charge is 2.25. The average Bonchev–Trinajstić information content (AvgIpc) is 2.29. The molecule has 1 atom stereocenters. The number of hydrogen-bond acceptors (Lipinski definition) is 3. The largest absolute Gasteiger partial charge is 0.409 e. The van der Waals surface area contributed by atoms with E-state index in [0.717, 1.165) is 25.9 Å². The fourth-order valence-electron chi connectivity index (χ4n) is 1.67. The van der Waals surface area contributed by atoms with Gasteiger partial charge in [-0.3, -0.25) is 4.79 Å². The van der Waals surface area contributed by atoms with E-state index < -0.39 is 5.92 Å². The van der Waals surface area contributed by atoms with E-state index in [0.29, 0.717) is 6.42 Å². The molecule has 0 aromatic rings. The lowest BCUT2D eigenvalue weighted by Crippen LogP contribution is -2.42. The number of nitrogens with zero attached hydrogens (tertiary/aromatic N) is 2. The van der Waals surface area contributed by atoms with Crippen molar-refractivity contribution in [3.8, 4) is 0 Å². The van der Waals surface area contributed by atoms with E-state index in [9.17, 15) is 4.79 Å². The second-order valence-corrected chi connectivity index (χ2v) is 3.81. The van der Waals surface area contributed by atoms with Gasteiger partial charge in [-0.15, -0.1) is 0 Å². The minimum atomic E-state index is -0.497. The summed E-state index contributed by atoms with van der Waals surface area (Å²) in [5.74, 6) is -0.533. The van der Waals surface area contributed by atoms with Crippen LogP contribution in [0.1, 0.15) is 40.0 Å². The number of amides is 1. The lowest BCUT2D eigenvalue weighted by Gasteiger charge is -2.25. The van der Waals surface area contributed by atoms with Crippen LogP contribution in [0.25, 0.3) is 0 Å². The Labute approximate surface area is 97.3 Å². The molecule has 0 aliphatic rings. The molecule has 0 aromatic heterocycles. The van der Waals surface area contributed by atoms with Crippen LogP contribution < -0.4 is 5.73 Å². The van der Waals surface area contributed by atoms with Gasteiger partial charge in [-0.25, -0.2) is 0 Å². The fourth-order valence-corrected chi connectivity index (χ4v) is 1.67. The molecule has 0 bridgehead atoms. The number of oxime groups is 1. The first kappa shape index (κ1) is 14.7. The van der Waals surface area contributed by atoms with Gasteiger partial charge in [-0.1, -0.05) is 25.9 Å². The maximum absolute atomic E-state index is 12.1. The van der Waals surface area contributed by atoms with Crippen molar-refractivity contribution in [3.05, 3.63) is 0 Å². The summed E-state index contributed by atoms with van der Waals surface area (Å²) in [6.07, 6.45) is 2.38. The summed E-state index contributed by atoms with van der Waals surface area (Å²) in [7, 11) is 0. The minimum absolute atomic E-state index is 0.00436. The van der Waals surface area contributed by atoms with Gasteiger partial charge >= 0.3 is 0 Å². The van der Waals surface area contributed by atoms with Gasteiger partial charge in [0.2, 0.25) is 5.91 Å². The second kappa shape index (κ2) is 7.96. The van der Waals surface area contributed by atoms with E-state index >= 15 is 0 Å². The smallest absolute Gasteiger partial charge is 0.233 e. The van der Waals surface area contributed by atoms with Gasteiger partial charge in [0.05, 0.1) is 5.92 Å². The van der Waals surface area contributed by atoms with E-state index in [4.69, 9.17) is 10.9 Å². The highest BCUT2D eigenvalue weighted by molar-refractivity contribution is 6.01. The molecular formula is C11H23N3O2. The van der Waals surface area contributed by atoms with Crippen LogP contribution in [0.3, 0.4) is 0 Å². The number of amidine groups is 1. The third-order valence-corrected chi connectivity index (χ3v) is 2.48. The van der Waals surface area contributed by atoms with Gasteiger partial charge in [-0.2, -0.15) is 0 Å². The molecule has 16 heavy (non-hydrogen) atoms. The number of hydrogen-bond donors (Lipinski definition) is 2. The molecule has 0 spiro atoms. The zero-order chi connectivity index (χ0) is 12.6. The Hall–Kier alpha value is -1.26. The standard InChI is InChI=1S/C11H23N3O2/c1-4-7-14(8-5-2)11(15)9(6-3)10(12)13-16/h9,16H,4-8H2,1-3H3,(H2,12,13). The van der Waals surface area contributed by atoms with Crippen molar-refractivity contribution in [2.75, 3.05) is 13.1 Å². The van der Waals surface area contributed by atoms with E-state index in [1.54, 1.807) is 4.90 Å². The lowest BCUT2D eigenvalue weighted by molar-refractivity contribution is -0.133. The van der Waals surface area contributed by atoms with Gasteiger partial charge < -0.3 is 15.8 Å². The molecular weight excluding hydrogens is 206 g/mol. The van der Waals surface area contributed by atoms with Crippen LogP contribution in [0.15, 0.2) is 5.16 Å². The summed E-state index contributed by atoms with van der Waals surface area (Å²) in [6.45, 7) is 7.36. The van der Waals surface area contributed by atoms with Crippen LogP contribution in [0.2, 0.25) is 0 Å². The molecule has 0 fully saturated rings. The van der Waals surface area contributed by atoms with Crippen molar-refractivity contribution in [2.24, 2.45) is 16.8 Å². The summed E-state index contributed by atoms with van der Waals surface area (Å²) >= 11 is 0. The minimum Gasteiger partial charge on any atom is -0.409 e. The molecule has 94 valence electrons. The van der Waals surface area contributed by atoms with E-state index in [2.05, 4.69) is 5.16 Å². The molecule has 0 aliphatic carbocycles. The maximum atomic E-state index is 12.1. The molecule has 5 nitrogen and oxygen atoms in total. The first-order chi connectivity index (χ1) is 7.62. The Balaban J connectivity index is 4.67. The third kappa shape index (κ3) is 4.08. The van der Waals surface area contributed by atoms with Gasteiger partial charge in [-0.05, 0) is 19.3 Å². The Bertz CT molecular complexity index is 235. The van der Waals surface area contributed by atoms with Gasteiger partial charge in [0.15, 0.2) is 5.84 Å². The molecule has 0 saturated carbocycles. The van der Waals surface area contributed by atoms with Crippen LogP contribution in [0, 0.1) is 5.92 Å². The Morgan fingerprint density at radius 1 is 1.31 bits per heavy atom. The number of carbonyl (C=O) groups is 1. The predicted octanol–water partition coefficient (Wildman–Crippen LogP) is 1.41. The SMILES string of the molecule is CCCN(CCC)C(=O)C(CC)C(N)=NO. The van der Waals surface area contributed by atoms with Crippen molar-refractivity contribution in [1.29, 1.82) is 0 Å². The Morgan fingerprint density at radius 3 is 2.12 bits per heavy atom. The first-order valence-electron chi connectivity index (χ1n) is 5.88. The zero-order valence-corrected chi connectivity index (χ0v) is 10.4.